The van der Waals surface area contributed by atoms with Crippen LogP contribution in [-0.4, -0.2) is 31.3 Å². The van der Waals surface area contributed by atoms with Gasteiger partial charge in [0.15, 0.2) is 9.84 Å². The van der Waals surface area contributed by atoms with E-state index in [0.29, 0.717) is 35.5 Å². The summed E-state index contributed by atoms with van der Waals surface area (Å²) in [6, 6.07) is 19.9. The van der Waals surface area contributed by atoms with Crippen molar-refractivity contribution in [3.8, 4) is 5.75 Å². The van der Waals surface area contributed by atoms with Crippen molar-refractivity contribution in [3.63, 3.8) is 0 Å². The molecule has 1 heterocycles. The summed E-state index contributed by atoms with van der Waals surface area (Å²) < 4.78 is 46.7. The third-order valence-electron chi connectivity index (χ3n) is 5.12. The average molecular weight is 467 g/mol. The first-order chi connectivity index (χ1) is 15.9. The van der Waals surface area contributed by atoms with Crippen LogP contribution in [0.1, 0.15) is 12.5 Å². The van der Waals surface area contributed by atoms with E-state index < -0.39 is 21.5 Å². The Morgan fingerprint density at radius 1 is 1.00 bits per heavy atom. The Labute approximate surface area is 191 Å². The molecule has 8 heteroatoms. The van der Waals surface area contributed by atoms with E-state index in [2.05, 4.69) is 5.32 Å². The number of hydrogen-bond acceptors (Lipinski definition) is 4. The van der Waals surface area contributed by atoms with Crippen LogP contribution in [0.4, 0.5) is 10.1 Å². The van der Waals surface area contributed by atoms with Crippen LogP contribution in [0.2, 0.25) is 0 Å². The van der Waals surface area contributed by atoms with Crippen LogP contribution in [0.15, 0.2) is 83.9 Å². The normalized spacial score (nSPS) is 11.5. The van der Waals surface area contributed by atoms with Gasteiger partial charge in [-0.25, -0.2) is 12.8 Å². The molecule has 1 aromatic heterocycles. The van der Waals surface area contributed by atoms with E-state index in [9.17, 15) is 17.6 Å². The van der Waals surface area contributed by atoms with Crippen LogP contribution in [0.5, 0.6) is 5.75 Å². The molecule has 0 bridgehead atoms. The molecule has 0 saturated heterocycles. The molecule has 0 radical (unpaired) electrons. The Morgan fingerprint density at radius 2 is 1.70 bits per heavy atom. The van der Waals surface area contributed by atoms with Gasteiger partial charge in [0.1, 0.15) is 17.3 Å². The lowest BCUT2D eigenvalue weighted by Gasteiger charge is -2.08. The maximum atomic E-state index is 13.2. The molecule has 170 valence electrons. The van der Waals surface area contributed by atoms with Crippen molar-refractivity contribution in [1.82, 2.24) is 4.57 Å². The zero-order valence-corrected chi connectivity index (χ0v) is 18.8. The number of anilines is 1. The molecule has 0 atom stereocenters. The summed E-state index contributed by atoms with van der Waals surface area (Å²) in [5.74, 6) is -0.991. The third kappa shape index (κ3) is 5.23. The Bertz CT molecular complexity index is 1380. The number of nitrogens with zero attached hydrogens (tertiary/aromatic N) is 1. The van der Waals surface area contributed by atoms with E-state index in [-0.39, 0.29) is 10.7 Å². The van der Waals surface area contributed by atoms with Crippen molar-refractivity contribution in [1.29, 1.82) is 0 Å². The summed E-state index contributed by atoms with van der Waals surface area (Å²) in [5.41, 5.74) is 2.03. The van der Waals surface area contributed by atoms with E-state index in [1.165, 1.54) is 18.3 Å². The smallest absolute Gasteiger partial charge is 0.239 e. The molecule has 4 aromatic rings. The summed E-state index contributed by atoms with van der Waals surface area (Å²) in [6.45, 7) is 2.77. The number of fused-ring (bicyclic) bond motifs is 1. The molecule has 0 aliphatic heterocycles. The maximum absolute atomic E-state index is 13.2. The lowest BCUT2D eigenvalue weighted by molar-refractivity contribution is -0.113. The minimum Gasteiger partial charge on any atom is -0.494 e. The molecule has 6 nitrogen and oxygen atoms in total. The molecular formula is C25H23FN2O4S. The minimum absolute atomic E-state index is 0.0852. The van der Waals surface area contributed by atoms with Crippen molar-refractivity contribution in [2.75, 3.05) is 17.7 Å². The van der Waals surface area contributed by atoms with E-state index in [1.807, 2.05) is 19.1 Å². The molecule has 0 spiro atoms. The van der Waals surface area contributed by atoms with E-state index in [4.69, 9.17) is 4.74 Å². The minimum atomic E-state index is -3.92. The molecular weight excluding hydrogens is 443 g/mol. The second kappa shape index (κ2) is 9.46. The zero-order valence-electron chi connectivity index (χ0n) is 18.0. The number of aromatic nitrogens is 1. The second-order valence-electron chi connectivity index (χ2n) is 7.53. The fourth-order valence-corrected chi connectivity index (χ4v) is 5.00. The van der Waals surface area contributed by atoms with Crippen LogP contribution < -0.4 is 10.1 Å². The van der Waals surface area contributed by atoms with Crippen LogP contribution >= 0.6 is 0 Å². The number of nitrogens with one attached hydrogen (secondary N) is 1. The molecule has 33 heavy (non-hydrogen) atoms. The Morgan fingerprint density at radius 3 is 2.39 bits per heavy atom. The van der Waals surface area contributed by atoms with Gasteiger partial charge in [-0.15, -0.1) is 0 Å². The first-order valence-corrected chi connectivity index (χ1v) is 12.1. The predicted octanol–water partition coefficient (Wildman–Crippen LogP) is 4.64. The van der Waals surface area contributed by atoms with Gasteiger partial charge in [-0.3, -0.25) is 4.79 Å². The first-order valence-electron chi connectivity index (χ1n) is 10.4. The average Bonchev–Trinajstić information content (AvgIpc) is 3.16. The first kappa shape index (κ1) is 22.5. The van der Waals surface area contributed by atoms with Gasteiger partial charge in [-0.05, 0) is 55.0 Å². The molecule has 1 amide bonds. The molecule has 3 aromatic carbocycles. The molecule has 0 aliphatic rings. The second-order valence-corrected chi connectivity index (χ2v) is 9.49. The predicted molar refractivity (Wildman–Crippen MR) is 126 cm³/mol. The van der Waals surface area contributed by atoms with Gasteiger partial charge < -0.3 is 14.6 Å². The van der Waals surface area contributed by atoms with Gasteiger partial charge >= 0.3 is 0 Å². The van der Waals surface area contributed by atoms with E-state index in [0.717, 1.165) is 5.56 Å². The van der Waals surface area contributed by atoms with Gasteiger partial charge in [0.2, 0.25) is 5.91 Å². The number of amides is 1. The summed E-state index contributed by atoms with van der Waals surface area (Å²) in [4.78, 5) is 12.6. The lowest BCUT2D eigenvalue weighted by Crippen LogP contribution is -2.23. The van der Waals surface area contributed by atoms with E-state index in [1.54, 1.807) is 53.1 Å². The SMILES string of the molecule is CCOc1ccc(NC(=O)CS(=O)(=O)c2cn(Cc3ccc(F)cc3)c3ccccc23)cc1. The maximum Gasteiger partial charge on any atom is 0.239 e. The van der Waals surface area contributed by atoms with Crippen LogP contribution in [0.25, 0.3) is 10.9 Å². The van der Waals surface area contributed by atoms with Gasteiger partial charge in [0, 0.05) is 29.3 Å². The highest BCUT2D eigenvalue weighted by molar-refractivity contribution is 7.92. The largest absolute Gasteiger partial charge is 0.494 e. The molecule has 0 fully saturated rings. The van der Waals surface area contributed by atoms with Gasteiger partial charge in [-0.2, -0.15) is 0 Å². The Balaban J connectivity index is 1.56. The topological polar surface area (TPSA) is 77.4 Å². The number of sulfone groups is 1. The number of ether oxygens (including phenoxy) is 1. The number of carbonyl (C=O) groups is 1. The quantitative estimate of drug-likeness (QED) is 0.410. The van der Waals surface area contributed by atoms with Crippen molar-refractivity contribution in [2.24, 2.45) is 0 Å². The summed E-state index contributed by atoms with van der Waals surface area (Å²) in [6.07, 6.45) is 1.54. The monoisotopic (exact) mass is 466 g/mol. The Kier molecular flexibility index (Phi) is 6.46. The highest BCUT2D eigenvalue weighted by atomic mass is 32.2. The molecule has 0 unspecified atom stereocenters. The fourth-order valence-electron chi connectivity index (χ4n) is 3.63. The highest BCUT2D eigenvalue weighted by Gasteiger charge is 2.24. The van der Waals surface area contributed by atoms with Gasteiger partial charge in [-0.1, -0.05) is 30.3 Å². The van der Waals surface area contributed by atoms with Crippen LogP contribution in [-0.2, 0) is 21.2 Å². The summed E-state index contributed by atoms with van der Waals surface area (Å²) in [5, 5.41) is 3.16. The summed E-state index contributed by atoms with van der Waals surface area (Å²) in [7, 11) is -3.92. The zero-order chi connectivity index (χ0) is 23.4. The van der Waals surface area contributed by atoms with Gasteiger partial charge in [0.25, 0.3) is 0 Å². The Hall–Kier alpha value is -3.65. The summed E-state index contributed by atoms with van der Waals surface area (Å²) >= 11 is 0. The molecule has 4 rings (SSSR count). The molecule has 0 saturated carbocycles. The highest BCUT2D eigenvalue weighted by Crippen LogP contribution is 2.27. The number of para-hydroxylation sites is 1. The number of carbonyl (C=O) groups excluding carboxylic acids is 1. The van der Waals surface area contributed by atoms with Crippen molar-refractivity contribution < 1.29 is 22.3 Å². The number of benzene rings is 3. The number of rotatable bonds is 8. The van der Waals surface area contributed by atoms with E-state index >= 15 is 0 Å². The fraction of sp³-hybridized carbons (Fsp3) is 0.160. The molecule has 1 N–H and O–H groups in total. The van der Waals surface area contributed by atoms with Crippen molar-refractivity contribution in [3.05, 3.63) is 90.4 Å². The lowest BCUT2D eigenvalue weighted by atomic mass is 10.2. The van der Waals surface area contributed by atoms with Crippen molar-refractivity contribution in [2.45, 2.75) is 18.4 Å². The number of hydrogen-bond donors (Lipinski definition) is 1. The van der Waals surface area contributed by atoms with Crippen LogP contribution in [0.3, 0.4) is 0 Å². The van der Waals surface area contributed by atoms with Crippen LogP contribution in [0, 0.1) is 5.82 Å². The standard InChI is InChI=1S/C25H23FN2O4S/c1-2-32-21-13-11-20(12-14-21)27-25(29)17-33(30,31)24-16-28(23-6-4-3-5-22(23)24)15-18-7-9-19(26)10-8-18/h3-14,16H,2,15,17H2,1H3,(H,27,29). The van der Waals surface area contributed by atoms with Gasteiger partial charge in [0.05, 0.1) is 11.5 Å². The number of halogens is 1. The third-order valence-corrected chi connectivity index (χ3v) is 6.76. The molecule has 0 aliphatic carbocycles. The van der Waals surface area contributed by atoms with Crippen molar-refractivity contribution >= 4 is 32.3 Å².